The summed E-state index contributed by atoms with van der Waals surface area (Å²) in [6.07, 6.45) is 0. The normalized spacial score (nSPS) is 12.0. The lowest BCUT2D eigenvalue weighted by Gasteiger charge is -2.19. The number of hydrogen-bond donors (Lipinski definition) is 0. The monoisotopic (exact) mass is 630 g/mol. The van der Waals surface area contributed by atoms with E-state index in [1.165, 1.54) is 109 Å². The molecule has 0 amide bonds. The van der Waals surface area contributed by atoms with E-state index in [0.717, 1.165) is 0 Å². The zero-order valence-corrected chi connectivity index (χ0v) is 27.3. The van der Waals surface area contributed by atoms with Crippen LogP contribution in [0.5, 0.6) is 0 Å². The molecule has 0 nitrogen and oxygen atoms in total. The summed E-state index contributed by atoms with van der Waals surface area (Å²) in [5.41, 5.74) is 12.8. The van der Waals surface area contributed by atoms with Crippen molar-refractivity contribution in [1.82, 2.24) is 0 Å². The van der Waals surface area contributed by atoms with Crippen LogP contribution in [0.25, 0.3) is 109 Å². The molecule has 11 rings (SSSR count). The number of benzene rings is 10. The van der Waals surface area contributed by atoms with E-state index in [4.69, 9.17) is 0 Å². The molecule has 50 heavy (non-hydrogen) atoms. The smallest absolute Gasteiger partial charge is 0.00259 e. The van der Waals surface area contributed by atoms with E-state index >= 15 is 0 Å². The molecular formula is C50H30. The van der Waals surface area contributed by atoms with Crippen LogP contribution in [0, 0.1) is 0 Å². The maximum Gasteiger partial charge on any atom is -0.00259 e. The summed E-state index contributed by atoms with van der Waals surface area (Å²) in [4.78, 5) is 0. The molecule has 0 heterocycles. The van der Waals surface area contributed by atoms with Crippen molar-refractivity contribution in [2.24, 2.45) is 0 Å². The van der Waals surface area contributed by atoms with Crippen LogP contribution in [0.1, 0.15) is 0 Å². The second-order valence-electron chi connectivity index (χ2n) is 13.7. The van der Waals surface area contributed by atoms with Gasteiger partial charge in [0.1, 0.15) is 0 Å². The average Bonchev–Trinajstić information content (AvgIpc) is 3.51. The standard InChI is InChI=1S/C50H30/c1-3-12-33-26-37(22-20-31(33)10-1)48-43-17-7-8-18-44(43)50(38-23-21-32-11-2-4-13-34(32)27-38)47-29-35(24-25-45(47)48)39-28-36-14-9-19-42-40-15-5-6-16-41(40)46(30-39)49(36)42/h1-30H. The fraction of sp³-hybridized carbons (Fsp3) is 0. The quantitative estimate of drug-likeness (QED) is 0.170. The van der Waals surface area contributed by atoms with Gasteiger partial charge in [-0.15, -0.1) is 0 Å². The maximum absolute atomic E-state index is 2.45. The predicted molar refractivity (Wildman–Crippen MR) is 215 cm³/mol. The Hall–Kier alpha value is -6.50. The first-order chi connectivity index (χ1) is 24.8. The van der Waals surface area contributed by atoms with Crippen LogP contribution in [0.2, 0.25) is 0 Å². The van der Waals surface area contributed by atoms with E-state index in [2.05, 4.69) is 182 Å². The Morgan fingerprint density at radius 2 is 0.700 bits per heavy atom. The fourth-order valence-electron chi connectivity index (χ4n) is 8.65. The van der Waals surface area contributed by atoms with Crippen LogP contribution < -0.4 is 0 Å². The molecular weight excluding hydrogens is 601 g/mol. The van der Waals surface area contributed by atoms with Crippen LogP contribution in [-0.2, 0) is 0 Å². The molecule has 10 aromatic carbocycles. The van der Waals surface area contributed by atoms with Gasteiger partial charge < -0.3 is 0 Å². The van der Waals surface area contributed by atoms with Gasteiger partial charge in [0.05, 0.1) is 0 Å². The maximum atomic E-state index is 2.45. The van der Waals surface area contributed by atoms with Crippen molar-refractivity contribution in [2.75, 3.05) is 0 Å². The van der Waals surface area contributed by atoms with E-state index in [0.29, 0.717) is 0 Å². The molecule has 0 aliphatic heterocycles. The topological polar surface area (TPSA) is 0 Å². The SMILES string of the molecule is c1ccc2c(c1)-c1cccc3cc(-c4ccc5c(-c6ccc7ccccc7c6)c6ccccc6c(-c6ccc7ccccc7c6)c5c4)cc-2c13. The van der Waals surface area contributed by atoms with Crippen molar-refractivity contribution in [3.63, 3.8) is 0 Å². The third kappa shape index (κ3) is 4.00. The summed E-state index contributed by atoms with van der Waals surface area (Å²) in [6.45, 7) is 0. The van der Waals surface area contributed by atoms with Gasteiger partial charge in [-0.1, -0.05) is 152 Å². The first-order valence-electron chi connectivity index (χ1n) is 17.4. The minimum Gasteiger partial charge on any atom is -0.0616 e. The molecule has 0 saturated heterocycles. The Labute approximate surface area is 290 Å². The second kappa shape index (κ2) is 10.5. The molecule has 1 aliphatic carbocycles. The molecule has 0 bridgehead atoms. The number of fused-ring (bicyclic) bond motifs is 7. The van der Waals surface area contributed by atoms with E-state index in [1.807, 2.05) is 0 Å². The molecule has 0 atom stereocenters. The predicted octanol–water partition coefficient (Wildman–Crippen LogP) is 14.1. The van der Waals surface area contributed by atoms with Crippen LogP contribution in [0.3, 0.4) is 0 Å². The van der Waals surface area contributed by atoms with Crippen LogP contribution in [0.15, 0.2) is 182 Å². The number of rotatable bonds is 3. The molecule has 0 saturated carbocycles. The first-order valence-corrected chi connectivity index (χ1v) is 17.4. The highest BCUT2D eigenvalue weighted by Crippen LogP contribution is 2.50. The summed E-state index contributed by atoms with van der Waals surface area (Å²) >= 11 is 0. The molecule has 0 radical (unpaired) electrons. The van der Waals surface area contributed by atoms with Gasteiger partial charge >= 0.3 is 0 Å². The Balaban J connectivity index is 1.24. The lowest BCUT2D eigenvalue weighted by molar-refractivity contribution is 1.65. The van der Waals surface area contributed by atoms with Crippen molar-refractivity contribution in [3.8, 4) is 55.6 Å². The van der Waals surface area contributed by atoms with Gasteiger partial charge in [-0.3, -0.25) is 0 Å². The lowest BCUT2D eigenvalue weighted by Crippen LogP contribution is -1.92. The summed E-state index contributed by atoms with van der Waals surface area (Å²) in [5.74, 6) is 0. The van der Waals surface area contributed by atoms with Gasteiger partial charge in [-0.05, 0) is 140 Å². The minimum atomic E-state index is 1.23. The van der Waals surface area contributed by atoms with Crippen molar-refractivity contribution >= 4 is 53.9 Å². The molecule has 1 aliphatic rings. The number of hydrogen-bond acceptors (Lipinski definition) is 0. The Bertz CT molecular complexity index is 3030. The minimum absolute atomic E-state index is 1.23. The highest BCUT2D eigenvalue weighted by molar-refractivity contribution is 6.23. The second-order valence-corrected chi connectivity index (χ2v) is 13.7. The van der Waals surface area contributed by atoms with E-state index in [-0.39, 0.29) is 0 Å². The van der Waals surface area contributed by atoms with E-state index in [1.54, 1.807) is 0 Å². The van der Waals surface area contributed by atoms with Crippen LogP contribution >= 0.6 is 0 Å². The zero-order chi connectivity index (χ0) is 32.8. The lowest BCUT2D eigenvalue weighted by atomic mass is 9.84. The van der Waals surface area contributed by atoms with Crippen molar-refractivity contribution in [3.05, 3.63) is 182 Å². The highest BCUT2D eigenvalue weighted by Gasteiger charge is 2.23. The fourth-order valence-corrected chi connectivity index (χ4v) is 8.65. The summed E-state index contributed by atoms with van der Waals surface area (Å²) in [7, 11) is 0. The zero-order valence-electron chi connectivity index (χ0n) is 27.3. The van der Waals surface area contributed by atoms with Crippen LogP contribution in [-0.4, -0.2) is 0 Å². The summed E-state index contributed by atoms with van der Waals surface area (Å²) in [5, 5.41) is 12.8. The molecule has 0 heteroatoms. The molecule has 0 aromatic heterocycles. The molecule has 0 fully saturated rings. The van der Waals surface area contributed by atoms with E-state index < -0.39 is 0 Å². The average molecular weight is 631 g/mol. The molecule has 230 valence electrons. The van der Waals surface area contributed by atoms with Gasteiger partial charge in [0.15, 0.2) is 0 Å². The Morgan fingerprint density at radius 1 is 0.220 bits per heavy atom. The summed E-state index contributed by atoms with van der Waals surface area (Å²) < 4.78 is 0. The van der Waals surface area contributed by atoms with Gasteiger partial charge in [-0.25, -0.2) is 0 Å². The molecule has 0 N–H and O–H groups in total. The van der Waals surface area contributed by atoms with Crippen molar-refractivity contribution in [2.45, 2.75) is 0 Å². The Kier molecular flexibility index (Phi) is 5.76. The van der Waals surface area contributed by atoms with Crippen LogP contribution in [0.4, 0.5) is 0 Å². The van der Waals surface area contributed by atoms with Crippen molar-refractivity contribution < 1.29 is 0 Å². The van der Waals surface area contributed by atoms with Gasteiger partial charge in [-0.2, -0.15) is 0 Å². The third-order valence-electron chi connectivity index (χ3n) is 10.9. The van der Waals surface area contributed by atoms with Crippen molar-refractivity contribution in [1.29, 1.82) is 0 Å². The molecule has 0 spiro atoms. The largest absolute Gasteiger partial charge is 0.0616 e. The third-order valence-corrected chi connectivity index (χ3v) is 10.9. The van der Waals surface area contributed by atoms with E-state index in [9.17, 15) is 0 Å². The van der Waals surface area contributed by atoms with Gasteiger partial charge in [0.25, 0.3) is 0 Å². The summed E-state index contributed by atoms with van der Waals surface area (Å²) in [6, 6.07) is 67.7. The highest BCUT2D eigenvalue weighted by atomic mass is 14.3. The Morgan fingerprint density at radius 3 is 1.38 bits per heavy atom. The molecule has 0 unspecified atom stereocenters. The van der Waals surface area contributed by atoms with Gasteiger partial charge in [0, 0.05) is 0 Å². The first kappa shape index (κ1) is 27.5. The van der Waals surface area contributed by atoms with Gasteiger partial charge in [0.2, 0.25) is 0 Å². The molecule has 10 aromatic rings.